The molecule has 0 aliphatic carbocycles. The van der Waals surface area contributed by atoms with E-state index in [4.69, 9.17) is 15.3 Å². The zero-order valence-electron chi connectivity index (χ0n) is 20.3. The van der Waals surface area contributed by atoms with Crippen LogP contribution in [0.4, 0.5) is 5.82 Å². The number of amidine groups is 1. The average Bonchev–Trinajstić information content (AvgIpc) is 3.39. The van der Waals surface area contributed by atoms with E-state index in [0.717, 1.165) is 17.5 Å². The number of carbonyl (C=O) groups excluding carboxylic acids is 2. The molecule has 0 bridgehead atoms. The molecule has 12 nitrogen and oxygen atoms in total. The number of fused-ring (bicyclic) bond motifs is 1. The number of carbonyl (C=O) groups is 3. The fourth-order valence-electron chi connectivity index (χ4n) is 4.22. The quantitative estimate of drug-likeness (QED) is 0.127. The summed E-state index contributed by atoms with van der Waals surface area (Å²) in [6, 6.07) is 11.6. The van der Waals surface area contributed by atoms with Gasteiger partial charge in [-0.05, 0) is 24.0 Å². The maximum absolute atomic E-state index is 13.3. The summed E-state index contributed by atoms with van der Waals surface area (Å²) >= 11 is 0. The topological polar surface area (TPSA) is 185 Å². The lowest BCUT2D eigenvalue weighted by Gasteiger charge is -2.28. The molecule has 12 heteroatoms. The Morgan fingerprint density at radius 3 is 2.61 bits per heavy atom. The second kappa shape index (κ2) is 11.2. The Bertz CT molecular complexity index is 1520. The van der Waals surface area contributed by atoms with E-state index in [1.54, 1.807) is 0 Å². The van der Waals surface area contributed by atoms with E-state index in [0.29, 0.717) is 42.4 Å². The number of pyridine rings is 1. The molecule has 4 N–H and O–H groups in total. The minimum absolute atomic E-state index is 0.0888. The van der Waals surface area contributed by atoms with E-state index in [1.807, 2.05) is 30.3 Å². The van der Waals surface area contributed by atoms with Gasteiger partial charge in [-0.25, -0.2) is 14.8 Å². The van der Waals surface area contributed by atoms with Crippen LogP contribution in [-0.2, 0) is 9.59 Å². The molecule has 2 aromatic heterocycles. The number of amides is 1. The van der Waals surface area contributed by atoms with E-state index in [-0.39, 0.29) is 17.1 Å². The number of anilines is 1. The predicted molar refractivity (Wildman–Crippen MR) is 139 cm³/mol. The van der Waals surface area contributed by atoms with Gasteiger partial charge in [0.2, 0.25) is 5.84 Å². The smallest absolute Gasteiger partial charge is 0.373 e. The number of aromatic amines is 1. The first kappa shape index (κ1) is 25.8. The number of nitrogens with one attached hydrogen (secondary N) is 3. The van der Waals surface area contributed by atoms with Gasteiger partial charge in [0.05, 0.1) is 47.8 Å². The van der Waals surface area contributed by atoms with Gasteiger partial charge in [-0.3, -0.25) is 15.0 Å². The number of carboxylic acids is 1. The van der Waals surface area contributed by atoms with E-state index in [9.17, 15) is 19.6 Å². The Morgan fingerprint density at radius 1 is 1.26 bits per heavy atom. The minimum Gasteiger partial charge on any atom is -0.494 e. The van der Waals surface area contributed by atoms with Crippen LogP contribution in [0, 0.1) is 16.7 Å². The van der Waals surface area contributed by atoms with Crippen molar-refractivity contribution in [1.82, 2.24) is 14.9 Å². The fraction of sp³-hybridized carbons (Fsp3) is 0.192. The Balaban J connectivity index is 1.55. The number of hydrogen-bond acceptors (Lipinski definition) is 7. The zero-order valence-corrected chi connectivity index (χ0v) is 20.3. The van der Waals surface area contributed by atoms with Crippen molar-refractivity contribution in [2.75, 3.05) is 25.5 Å². The molecule has 192 valence electrons. The Hall–Kier alpha value is -5.31. The molecule has 1 aliphatic heterocycles. The number of ketones is 1. The van der Waals surface area contributed by atoms with Crippen LogP contribution in [0.25, 0.3) is 16.5 Å². The van der Waals surface area contributed by atoms with Crippen LogP contribution in [0.1, 0.15) is 28.8 Å². The van der Waals surface area contributed by atoms with Crippen LogP contribution in [0.5, 0.6) is 5.75 Å². The van der Waals surface area contributed by atoms with Crippen LogP contribution in [-0.4, -0.2) is 70.0 Å². The zero-order chi connectivity index (χ0) is 27.2. The fourth-order valence-corrected chi connectivity index (χ4v) is 4.22. The molecule has 3 aromatic rings. The summed E-state index contributed by atoms with van der Waals surface area (Å²) < 4.78 is 5.36. The van der Waals surface area contributed by atoms with Crippen molar-refractivity contribution >= 4 is 52.1 Å². The maximum atomic E-state index is 13.3. The number of ether oxygens (including phenoxy) is 1. The van der Waals surface area contributed by atoms with Crippen molar-refractivity contribution in [3.05, 3.63) is 59.4 Å². The van der Waals surface area contributed by atoms with E-state index in [1.165, 1.54) is 24.4 Å². The second-order valence-electron chi connectivity index (χ2n) is 8.26. The third-order valence-corrected chi connectivity index (χ3v) is 6.11. The van der Waals surface area contributed by atoms with Crippen LogP contribution in [0.2, 0.25) is 0 Å². The Morgan fingerprint density at radius 2 is 1.97 bits per heavy atom. The van der Waals surface area contributed by atoms with Crippen LogP contribution >= 0.6 is 0 Å². The average molecular weight is 514 g/mol. The molecule has 0 atom stereocenters. The van der Waals surface area contributed by atoms with Gasteiger partial charge in [-0.2, -0.15) is 5.26 Å². The third kappa shape index (κ3) is 5.12. The highest BCUT2D eigenvalue weighted by Gasteiger charge is 2.30. The number of aliphatic carboxylic acids is 1. The lowest BCUT2D eigenvalue weighted by Crippen LogP contribution is -2.40. The number of aliphatic imine (C=N–C) groups is 1. The van der Waals surface area contributed by atoms with Gasteiger partial charge in [0, 0.05) is 19.3 Å². The van der Waals surface area contributed by atoms with Crippen LogP contribution in [0.3, 0.4) is 0 Å². The van der Waals surface area contributed by atoms with Crippen molar-refractivity contribution in [2.45, 2.75) is 12.8 Å². The summed E-state index contributed by atoms with van der Waals surface area (Å²) in [7, 11) is 1.40. The number of rotatable bonds is 6. The summed E-state index contributed by atoms with van der Waals surface area (Å²) in [5, 5.41) is 28.7. The van der Waals surface area contributed by atoms with Crippen molar-refractivity contribution < 1.29 is 24.2 Å². The van der Waals surface area contributed by atoms with Crippen molar-refractivity contribution in [1.29, 1.82) is 10.7 Å². The number of methoxy groups -OCH3 is 1. The first-order chi connectivity index (χ1) is 18.3. The molecule has 38 heavy (non-hydrogen) atoms. The Labute approximate surface area is 216 Å². The number of piperidine rings is 1. The van der Waals surface area contributed by atoms with Gasteiger partial charge < -0.3 is 25.0 Å². The third-order valence-electron chi connectivity index (χ3n) is 6.11. The van der Waals surface area contributed by atoms with Crippen molar-refractivity contribution in [3.8, 4) is 11.8 Å². The molecular weight excluding hydrogens is 490 g/mol. The molecule has 1 saturated heterocycles. The molecule has 0 unspecified atom stereocenters. The lowest BCUT2D eigenvalue weighted by atomic mass is 9.93. The molecule has 0 radical (unpaired) electrons. The summed E-state index contributed by atoms with van der Waals surface area (Å²) in [6.07, 6.45) is 4.69. The summed E-state index contributed by atoms with van der Waals surface area (Å²) in [5.74, 6) is -3.33. The van der Waals surface area contributed by atoms with Crippen LogP contribution < -0.4 is 10.1 Å². The molecule has 0 spiro atoms. The molecule has 0 saturated carbocycles. The highest BCUT2D eigenvalue weighted by Crippen LogP contribution is 2.33. The SMILES string of the molecule is COc1cnc(N/C=N\C(=N)C(=O)O)c2[nH]cc(C(=O)C(=O)N3CCC(=C(C#N)c4ccccc4)CC3)c12. The van der Waals surface area contributed by atoms with Gasteiger partial charge in [0.25, 0.3) is 11.7 Å². The molecular formula is C26H23N7O5. The number of H-pyrrole nitrogens is 1. The van der Waals surface area contributed by atoms with Crippen molar-refractivity contribution in [2.24, 2.45) is 4.99 Å². The van der Waals surface area contributed by atoms with Gasteiger partial charge in [0.15, 0.2) is 5.82 Å². The number of aromatic nitrogens is 2. The van der Waals surface area contributed by atoms with Gasteiger partial charge in [0.1, 0.15) is 5.75 Å². The van der Waals surface area contributed by atoms with E-state index in [2.05, 4.69) is 26.3 Å². The number of Topliss-reactive ketones (excluding diaryl/α,β-unsaturated/α-hetero) is 1. The van der Waals surface area contributed by atoms with Gasteiger partial charge in [-0.1, -0.05) is 30.3 Å². The summed E-state index contributed by atoms with van der Waals surface area (Å²) in [5.41, 5.74) is 2.79. The number of carboxylic acid groups (broad SMARTS) is 1. The van der Waals surface area contributed by atoms with Crippen LogP contribution in [0.15, 0.2) is 53.3 Å². The standard InChI is InChI=1S/C26H23N7O5/c1-38-19-13-30-24(32-14-31-23(28)26(36)37)21-20(19)18(12-29-21)22(34)25(35)33-9-7-16(8-10-33)17(11-27)15-5-3-2-4-6-15/h2-6,12-14,29H,7-10H2,1H3,(H,36,37)(H2,28,30,31,32). The minimum atomic E-state index is -1.49. The van der Waals surface area contributed by atoms with Crippen molar-refractivity contribution in [3.63, 3.8) is 0 Å². The predicted octanol–water partition coefficient (Wildman–Crippen LogP) is 2.86. The Kier molecular flexibility index (Phi) is 7.58. The highest BCUT2D eigenvalue weighted by atomic mass is 16.5. The molecule has 1 aromatic carbocycles. The lowest BCUT2D eigenvalue weighted by molar-refractivity contribution is -0.129. The molecule has 1 amide bonds. The number of nitriles is 1. The molecule has 1 fully saturated rings. The normalized spacial score (nSPS) is 13.3. The maximum Gasteiger partial charge on any atom is 0.373 e. The molecule has 4 rings (SSSR count). The number of likely N-dealkylation sites (tertiary alicyclic amines) is 1. The number of allylic oxidation sites excluding steroid dienone is 1. The largest absolute Gasteiger partial charge is 0.494 e. The summed E-state index contributed by atoms with van der Waals surface area (Å²) in [6.45, 7) is 0.607. The van der Waals surface area contributed by atoms with Gasteiger partial charge >= 0.3 is 5.97 Å². The first-order valence-electron chi connectivity index (χ1n) is 11.5. The monoisotopic (exact) mass is 513 g/mol. The summed E-state index contributed by atoms with van der Waals surface area (Å²) in [4.78, 5) is 49.2. The van der Waals surface area contributed by atoms with Gasteiger partial charge in [-0.15, -0.1) is 0 Å². The number of benzene rings is 1. The van der Waals surface area contributed by atoms with E-state index < -0.39 is 23.5 Å². The highest BCUT2D eigenvalue weighted by molar-refractivity contribution is 6.45. The number of hydrogen-bond donors (Lipinski definition) is 4. The second-order valence-corrected chi connectivity index (χ2v) is 8.26. The molecule has 3 heterocycles. The molecule has 1 aliphatic rings. The number of nitrogens with zero attached hydrogens (tertiary/aromatic N) is 4. The first-order valence-corrected chi connectivity index (χ1v) is 11.5. The van der Waals surface area contributed by atoms with E-state index >= 15 is 0 Å².